The first-order valence-corrected chi connectivity index (χ1v) is 8.01. The van der Waals surface area contributed by atoms with Gasteiger partial charge in [-0.3, -0.25) is 4.90 Å². The molecule has 0 aliphatic carbocycles. The second-order valence-corrected chi connectivity index (χ2v) is 5.98. The van der Waals surface area contributed by atoms with Crippen LogP contribution in [0.4, 0.5) is 4.79 Å². The summed E-state index contributed by atoms with van der Waals surface area (Å²) in [6, 6.07) is 10.5. The number of piperidine rings is 1. The molecule has 0 aromatic heterocycles. The number of amides is 1. The lowest BCUT2D eigenvalue weighted by Crippen LogP contribution is -2.53. The topological polar surface area (TPSA) is 38.8 Å². The molecule has 118 valence electrons. The highest BCUT2D eigenvalue weighted by Gasteiger charge is 2.45. The third-order valence-corrected chi connectivity index (χ3v) is 4.56. The number of fused-ring (bicyclic) bond motifs is 1. The van der Waals surface area contributed by atoms with Crippen LogP contribution in [0.1, 0.15) is 31.2 Å². The maximum absolute atomic E-state index is 12.0. The summed E-state index contributed by atoms with van der Waals surface area (Å²) in [5, 5.41) is 0. The lowest BCUT2D eigenvalue weighted by Gasteiger charge is -2.40. The molecule has 2 saturated heterocycles. The van der Waals surface area contributed by atoms with Crippen molar-refractivity contribution in [2.75, 3.05) is 6.61 Å². The van der Waals surface area contributed by atoms with Crippen molar-refractivity contribution in [3.05, 3.63) is 48.6 Å². The van der Waals surface area contributed by atoms with E-state index in [4.69, 9.17) is 9.47 Å². The number of carbonyl (C=O) groups is 1. The number of nitrogens with zero attached hydrogens (tertiary/aromatic N) is 1. The number of benzene rings is 1. The molecule has 0 N–H and O–H groups in total. The van der Waals surface area contributed by atoms with Crippen LogP contribution in [-0.4, -0.2) is 35.8 Å². The molecule has 0 saturated carbocycles. The predicted molar refractivity (Wildman–Crippen MR) is 84.4 cm³/mol. The molecule has 2 aliphatic heterocycles. The Bertz CT molecular complexity index is 516. The Morgan fingerprint density at radius 3 is 2.91 bits per heavy atom. The van der Waals surface area contributed by atoms with E-state index in [1.807, 2.05) is 29.2 Å². The molecular formula is C18H23NO3. The highest BCUT2D eigenvalue weighted by Crippen LogP contribution is 2.33. The van der Waals surface area contributed by atoms with E-state index in [0.717, 1.165) is 31.2 Å². The van der Waals surface area contributed by atoms with Gasteiger partial charge in [-0.15, -0.1) is 6.58 Å². The van der Waals surface area contributed by atoms with Crippen LogP contribution in [0, 0.1) is 0 Å². The fourth-order valence-electron chi connectivity index (χ4n) is 3.41. The van der Waals surface area contributed by atoms with Gasteiger partial charge in [-0.05, 0) is 31.2 Å². The van der Waals surface area contributed by atoms with E-state index < -0.39 is 0 Å². The van der Waals surface area contributed by atoms with Gasteiger partial charge in [0.1, 0.15) is 6.61 Å². The van der Waals surface area contributed by atoms with Crippen LogP contribution < -0.4 is 0 Å². The first kappa shape index (κ1) is 15.1. The number of rotatable bonds is 6. The van der Waals surface area contributed by atoms with Gasteiger partial charge in [0.25, 0.3) is 0 Å². The van der Waals surface area contributed by atoms with E-state index in [-0.39, 0.29) is 24.3 Å². The molecule has 1 amide bonds. The molecule has 3 atom stereocenters. The van der Waals surface area contributed by atoms with Gasteiger partial charge in [0.15, 0.2) is 0 Å². The van der Waals surface area contributed by atoms with Gasteiger partial charge in [0.2, 0.25) is 0 Å². The molecular weight excluding hydrogens is 278 g/mol. The van der Waals surface area contributed by atoms with Gasteiger partial charge in [0, 0.05) is 6.04 Å². The van der Waals surface area contributed by atoms with E-state index in [2.05, 4.69) is 18.7 Å². The second-order valence-electron chi connectivity index (χ2n) is 5.98. The normalized spacial score (nSPS) is 27.4. The smallest absolute Gasteiger partial charge is 0.410 e. The van der Waals surface area contributed by atoms with Crippen molar-refractivity contribution in [1.29, 1.82) is 0 Å². The lowest BCUT2D eigenvalue weighted by atomic mass is 9.91. The zero-order valence-corrected chi connectivity index (χ0v) is 12.8. The number of ether oxygens (including phenoxy) is 2. The number of carbonyl (C=O) groups excluding carboxylic acids is 1. The third kappa shape index (κ3) is 3.17. The van der Waals surface area contributed by atoms with Gasteiger partial charge in [-0.25, -0.2) is 4.79 Å². The minimum atomic E-state index is -0.188. The monoisotopic (exact) mass is 301 g/mol. The second kappa shape index (κ2) is 6.97. The molecule has 2 aliphatic rings. The average molecular weight is 301 g/mol. The molecule has 3 rings (SSSR count). The van der Waals surface area contributed by atoms with Gasteiger partial charge in [-0.2, -0.15) is 0 Å². The fraction of sp³-hybridized carbons (Fsp3) is 0.500. The standard InChI is InChI=1S/C18H23NO3/c1-2-3-9-15-10-11-17(16-13-22-18(20)19(15)16)21-12-14-7-5-4-6-8-14/h2,4-8,15-17H,1,3,9-13H2/t15-,16-,17-/m0/s1. The third-order valence-electron chi connectivity index (χ3n) is 4.56. The Morgan fingerprint density at radius 1 is 1.32 bits per heavy atom. The molecule has 2 fully saturated rings. The van der Waals surface area contributed by atoms with E-state index in [0.29, 0.717) is 13.2 Å². The summed E-state index contributed by atoms with van der Waals surface area (Å²) in [6.45, 7) is 4.80. The fourth-order valence-corrected chi connectivity index (χ4v) is 3.41. The van der Waals surface area contributed by atoms with Gasteiger partial charge < -0.3 is 9.47 Å². The van der Waals surface area contributed by atoms with Crippen LogP contribution >= 0.6 is 0 Å². The summed E-state index contributed by atoms with van der Waals surface area (Å²) in [4.78, 5) is 13.9. The average Bonchev–Trinajstić information content (AvgIpc) is 2.95. The first-order chi connectivity index (χ1) is 10.8. The SMILES string of the molecule is C=CCC[C@H]1CC[C@H](OCc2ccccc2)[C@@H]2COC(=O)N12. The quantitative estimate of drug-likeness (QED) is 0.755. The maximum atomic E-state index is 12.0. The van der Waals surface area contributed by atoms with Crippen molar-refractivity contribution in [1.82, 2.24) is 4.90 Å². The van der Waals surface area contributed by atoms with Crippen LogP contribution in [0.15, 0.2) is 43.0 Å². The van der Waals surface area contributed by atoms with Crippen LogP contribution in [0.3, 0.4) is 0 Å². The Labute approximate surface area is 131 Å². The molecule has 4 nitrogen and oxygen atoms in total. The molecule has 1 aromatic carbocycles. The molecule has 2 heterocycles. The van der Waals surface area contributed by atoms with E-state index >= 15 is 0 Å². The van der Waals surface area contributed by atoms with Crippen molar-refractivity contribution in [3.63, 3.8) is 0 Å². The molecule has 4 heteroatoms. The number of hydrogen-bond donors (Lipinski definition) is 0. The Balaban J connectivity index is 1.62. The summed E-state index contributed by atoms with van der Waals surface area (Å²) in [6.07, 6.45) is 5.62. The molecule has 1 aromatic rings. The van der Waals surface area contributed by atoms with E-state index in [1.54, 1.807) is 0 Å². The Hall–Kier alpha value is -1.81. The summed E-state index contributed by atoms with van der Waals surface area (Å²) < 4.78 is 11.4. The zero-order chi connectivity index (χ0) is 15.4. The first-order valence-electron chi connectivity index (χ1n) is 8.01. The van der Waals surface area contributed by atoms with Gasteiger partial charge >= 0.3 is 6.09 Å². The maximum Gasteiger partial charge on any atom is 0.410 e. The highest BCUT2D eigenvalue weighted by atomic mass is 16.6. The largest absolute Gasteiger partial charge is 0.447 e. The minimum Gasteiger partial charge on any atom is -0.447 e. The van der Waals surface area contributed by atoms with Gasteiger partial charge in [-0.1, -0.05) is 36.4 Å². The van der Waals surface area contributed by atoms with Crippen molar-refractivity contribution < 1.29 is 14.3 Å². The van der Waals surface area contributed by atoms with E-state index in [1.165, 1.54) is 0 Å². The van der Waals surface area contributed by atoms with Crippen LogP contribution in [0.5, 0.6) is 0 Å². The van der Waals surface area contributed by atoms with Crippen LogP contribution in [-0.2, 0) is 16.1 Å². The summed E-state index contributed by atoms with van der Waals surface area (Å²) in [7, 11) is 0. The molecule has 22 heavy (non-hydrogen) atoms. The highest BCUT2D eigenvalue weighted by molar-refractivity contribution is 5.71. The molecule has 0 bridgehead atoms. The lowest BCUT2D eigenvalue weighted by molar-refractivity contribution is -0.0432. The number of hydrogen-bond acceptors (Lipinski definition) is 3. The molecule has 0 spiro atoms. The number of allylic oxidation sites excluding steroid dienone is 1. The predicted octanol–water partition coefficient (Wildman–Crippen LogP) is 3.52. The Morgan fingerprint density at radius 2 is 2.14 bits per heavy atom. The summed E-state index contributed by atoms with van der Waals surface area (Å²) >= 11 is 0. The summed E-state index contributed by atoms with van der Waals surface area (Å²) in [5.74, 6) is 0. The van der Waals surface area contributed by atoms with Crippen molar-refractivity contribution >= 4 is 6.09 Å². The van der Waals surface area contributed by atoms with Crippen LogP contribution in [0.25, 0.3) is 0 Å². The van der Waals surface area contributed by atoms with E-state index in [9.17, 15) is 4.79 Å². The molecule has 0 unspecified atom stereocenters. The van der Waals surface area contributed by atoms with Crippen molar-refractivity contribution in [3.8, 4) is 0 Å². The van der Waals surface area contributed by atoms with Crippen molar-refractivity contribution in [2.45, 2.75) is 50.5 Å². The van der Waals surface area contributed by atoms with Gasteiger partial charge in [0.05, 0.1) is 18.8 Å². The Kier molecular flexibility index (Phi) is 4.78. The summed E-state index contributed by atoms with van der Waals surface area (Å²) in [5.41, 5.74) is 1.16. The minimum absolute atomic E-state index is 0.0553. The molecule has 0 radical (unpaired) electrons. The van der Waals surface area contributed by atoms with Crippen LogP contribution in [0.2, 0.25) is 0 Å². The number of cyclic esters (lactones) is 1. The van der Waals surface area contributed by atoms with Crippen molar-refractivity contribution in [2.24, 2.45) is 0 Å². The zero-order valence-electron chi connectivity index (χ0n) is 12.8.